The van der Waals surface area contributed by atoms with Crippen LogP contribution in [0, 0.1) is 0 Å². The van der Waals surface area contributed by atoms with Crippen molar-refractivity contribution in [1.82, 2.24) is 5.32 Å². The van der Waals surface area contributed by atoms with Crippen molar-refractivity contribution in [2.75, 3.05) is 0 Å². The largest absolute Gasteiger partial charge is 0.326 e. The van der Waals surface area contributed by atoms with Gasteiger partial charge in [-0.1, -0.05) is 77.2 Å². The molecule has 0 saturated heterocycles. The van der Waals surface area contributed by atoms with E-state index in [2.05, 4.69) is 12.2 Å². The van der Waals surface area contributed by atoms with E-state index in [9.17, 15) is 4.79 Å². The molecule has 0 aromatic heterocycles. The van der Waals surface area contributed by atoms with Crippen LogP contribution in [0.4, 0.5) is 0 Å². The number of unbranched alkanes of at least 4 members (excludes halogenated alkanes) is 10. The lowest BCUT2D eigenvalue weighted by Gasteiger charge is -2.09. The van der Waals surface area contributed by atoms with E-state index in [1.54, 1.807) is 0 Å². The highest BCUT2D eigenvalue weighted by molar-refractivity contribution is 5.78. The van der Waals surface area contributed by atoms with Crippen molar-refractivity contribution in [3.05, 3.63) is 23.9 Å². The van der Waals surface area contributed by atoms with Gasteiger partial charge in [-0.3, -0.25) is 4.79 Å². The van der Waals surface area contributed by atoms with E-state index in [1.165, 1.54) is 64.2 Å². The maximum absolute atomic E-state index is 11.5. The molecule has 0 heterocycles. The molecule has 1 rings (SSSR count). The second kappa shape index (κ2) is 11.7. The van der Waals surface area contributed by atoms with Crippen LogP contribution in [0.2, 0.25) is 0 Å². The zero-order valence-electron chi connectivity index (χ0n) is 13.1. The second-order valence-corrected chi connectivity index (χ2v) is 5.81. The average Bonchev–Trinajstić information content (AvgIpc) is 2.40. The molecule has 0 spiro atoms. The minimum absolute atomic E-state index is 0.163. The van der Waals surface area contributed by atoms with Crippen LogP contribution in [0.3, 0.4) is 0 Å². The highest BCUT2D eigenvalue weighted by Gasteiger charge is 2.04. The summed E-state index contributed by atoms with van der Waals surface area (Å²) in [5, 5.41) is 2.89. The lowest BCUT2D eigenvalue weighted by Crippen LogP contribution is -2.22. The first-order valence-electron chi connectivity index (χ1n) is 8.51. The Morgan fingerprint density at radius 1 is 0.900 bits per heavy atom. The molecule has 0 saturated carbocycles. The van der Waals surface area contributed by atoms with Crippen LogP contribution in [-0.4, -0.2) is 5.91 Å². The van der Waals surface area contributed by atoms with Gasteiger partial charge in [0.15, 0.2) is 0 Å². The minimum atomic E-state index is 0.163. The van der Waals surface area contributed by atoms with Crippen molar-refractivity contribution in [3.63, 3.8) is 0 Å². The molecule has 0 unspecified atom stereocenters. The molecule has 0 atom stereocenters. The fourth-order valence-electron chi connectivity index (χ4n) is 2.45. The third kappa shape index (κ3) is 8.95. The summed E-state index contributed by atoms with van der Waals surface area (Å²) in [6, 6.07) is 0. The summed E-state index contributed by atoms with van der Waals surface area (Å²) in [5.74, 6) is 0.163. The minimum Gasteiger partial charge on any atom is -0.326 e. The highest BCUT2D eigenvalue weighted by atomic mass is 16.1. The van der Waals surface area contributed by atoms with Crippen molar-refractivity contribution < 1.29 is 4.79 Å². The maximum atomic E-state index is 11.5. The van der Waals surface area contributed by atoms with E-state index in [-0.39, 0.29) is 5.91 Å². The van der Waals surface area contributed by atoms with E-state index in [1.807, 2.05) is 18.2 Å². The molecule has 1 N–H and O–H groups in total. The summed E-state index contributed by atoms with van der Waals surface area (Å²) in [5.41, 5.74) is 0.957. The van der Waals surface area contributed by atoms with Crippen LogP contribution >= 0.6 is 0 Å². The second-order valence-electron chi connectivity index (χ2n) is 5.81. The Morgan fingerprint density at radius 3 is 1.85 bits per heavy atom. The molecular formula is C18H31NO. The molecular weight excluding hydrogens is 246 g/mol. The number of hydrogen-bond donors (Lipinski definition) is 1. The molecule has 1 aliphatic rings. The topological polar surface area (TPSA) is 29.1 Å². The summed E-state index contributed by atoms with van der Waals surface area (Å²) in [4.78, 5) is 11.5. The van der Waals surface area contributed by atoms with E-state index < -0.39 is 0 Å². The summed E-state index contributed by atoms with van der Waals surface area (Å²) in [6.07, 6.45) is 21.0. The van der Waals surface area contributed by atoms with Crippen LogP contribution in [0.5, 0.6) is 0 Å². The fraction of sp³-hybridized carbons (Fsp3) is 0.722. The Labute approximate surface area is 124 Å². The van der Waals surface area contributed by atoms with Crippen molar-refractivity contribution in [2.45, 2.75) is 84.0 Å². The molecule has 0 aliphatic heterocycles. The van der Waals surface area contributed by atoms with Crippen molar-refractivity contribution >= 4 is 5.91 Å². The van der Waals surface area contributed by atoms with Gasteiger partial charge < -0.3 is 5.32 Å². The first kappa shape index (κ1) is 17.0. The average molecular weight is 277 g/mol. The third-order valence-electron chi connectivity index (χ3n) is 3.84. The van der Waals surface area contributed by atoms with Gasteiger partial charge in [-0.25, -0.2) is 0 Å². The molecule has 1 aliphatic carbocycles. The van der Waals surface area contributed by atoms with Gasteiger partial charge in [0.05, 0.1) is 0 Å². The number of allylic oxidation sites excluding steroid dienone is 3. The molecule has 2 nitrogen and oxygen atoms in total. The molecule has 1 amide bonds. The number of carbonyl (C=O) groups is 1. The van der Waals surface area contributed by atoms with Gasteiger partial charge in [-0.05, 0) is 18.6 Å². The molecule has 0 aromatic carbocycles. The Morgan fingerprint density at radius 2 is 1.40 bits per heavy atom. The van der Waals surface area contributed by atoms with Crippen LogP contribution in [-0.2, 0) is 4.79 Å². The van der Waals surface area contributed by atoms with Crippen LogP contribution in [0.1, 0.15) is 84.0 Å². The third-order valence-corrected chi connectivity index (χ3v) is 3.84. The van der Waals surface area contributed by atoms with Crippen LogP contribution < -0.4 is 5.32 Å². The quantitative estimate of drug-likeness (QED) is 0.457. The van der Waals surface area contributed by atoms with Crippen molar-refractivity contribution in [3.8, 4) is 0 Å². The standard InChI is InChI=1S/C18H31NO/c1-2-3-4-5-6-7-8-9-10-11-12-16-18(20)19-17-14-13-15-17/h13-15H,2-12,16H2,1H3,(H,19,20). The normalized spacial score (nSPS) is 12.9. The lowest BCUT2D eigenvalue weighted by atomic mass is 10.1. The van der Waals surface area contributed by atoms with Gasteiger partial charge in [0.25, 0.3) is 0 Å². The summed E-state index contributed by atoms with van der Waals surface area (Å²) in [6.45, 7) is 2.26. The van der Waals surface area contributed by atoms with E-state index in [0.29, 0.717) is 6.42 Å². The Balaban J connectivity index is 1.75. The SMILES string of the molecule is CCCCCCCCCCCCCC(=O)NC1=CC=C1. The van der Waals surface area contributed by atoms with Gasteiger partial charge in [0, 0.05) is 12.1 Å². The number of amides is 1. The van der Waals surface area contributed by atoms with E-state index in [0.717, 1.165) is 12.1 Å². The van der Waals surface area contributed by atoms with Crippen LogP contribution in [0.25, 0.3) is 0 Å². The number of rotatable bonds is 13. The van der Waals surface area contributed by atoms with Gasteiger partial charge in [-0.15, -0.1) is 0 Å². The van der Waals surface area contributed by atoms with E-state index in [4.69, 9.17) is 0 Å². The smallest absolute Gasteiger partial charge is 0.224 e. The number of carbonyl (C=O) groups excluding carboxylic acids is 1. The van der Waals surface area contributed by atoms with Gasteiger partial charge in [-0.2, -0.15) is 0 Å². The van der Waals surface area contributed by atoms with Crippen LogP contribution in [0.15, 0.2) is 23.9 Å². The van der Waals surface area contributed by atoms with Gasteiger partial charge >= 0.3 is 0 Å². The lowest BCUT2D eigenvalue weighted by molar-refractivity contribution is -0.120. The monoisotopic (exact) mass is 277 g/mol. The highest BCUT2D eigenvalue weighted by Crippen LogP contribution is 2.12. The van der Waals surface area contributed by atoms with Gasteiger partial charge in [0.2, 0.25) is 5.91 Å². The first-order chi connectivity index (χ1) is 9.83. The Hall–Kier alpha value is -1.05. The summed E-state index contributed by atoms with van der Waals surface area (Å²) < 4.78 is 0. The predicted octanol–water partition coefficient (Wildman–Crippen LogP) is 5.26. The molecule has 0 fully saturated rings. The Kier molecular flexibility index (Phi) is 9.99. The van der Waals surface area contributed by atoms with Crippen molar-refractivity contribution in [2.24, 2.45) is 0 Å². The summed E-state index contributed by atoms with van der Waals surface area (Å²) >= 11 is 0. The molecule has 0 aromatic rings. The predicted molar refractivity (Wildman–Crippen MR) is 86.4 cm³/mol. The maximum Gasteiger partial charge on any atom is 0.224 e. The molecule has 0 bridgehead atoms. The van der Waals surface area contributed by atoms with Gasteiger partial charge in [0.1, 0.15) is 0 Å². The zero-order chi connectivity index (χ0) is 14.5. The number of nitrogens with one attached hydrogen (secondary N) is 1. The fourth-order valence-corrected chi connectivity index (χ4v) is 2.45. The zero-order valence-corrected chi connectivity index (χ0v) is 13.1. The van der Waals surface area contributed by atoms with E-state index >= 15 is 0 Å². The van der Waals surface area contributed by atoms with Crippen molar-refractivity contribution in [1.29, 1.82) is 0 Å². The molecule has 2 heteroatoms. The molecule has 0 radical (unpaired) electrons. The molecule has 114 valence electrons. The first-order valence-corrected chi connectivity index (χ1v) is 8.51. The summed E-state index contributed by atoms with van der Waals surface area (Å²) in [7, 11) is 0. The Bertz CT molecular complexity index is 317. The molecule has 20 heavy (non-hydrogen) atoms. The number of hydrogen-bond acceptors (Lipinski definition) is 1.